The molecule has 0 fully saturated rings. The second-order valence-corrected chi connectivity index (χ2v) is 4.77. The van der Waals surface area contributed by atoms with Crippen molar-refractivity contribution in [1.82, 2.24) is 10.6 Å². The highest BCUT2D eigenvalue weighted by molar-refractivity contribution is 5.71. The summed E-state index contributed by atoms with van der Waals surface area (Å²) in [4.78, 5) is 10.5. The van der Waals surface area contributed by atoms with E-state index in [4.69, 9.17) is 19.9 Å². The molecule has 1 aromatic carbocycles. The molecule has 5 N–H and O–H groups in total. The van der Waals surface area contributed by atoms with Crippen molar-refractivity contribution in [3.63, 3.8) is 0 Å². The van der Waals surface area contributed by atoms with Gasteiger partial charge in [0.25, 0.3) is 0 Å². The molecule has 8 nitrogen and oxygen atoms in total. The van der Waals surface area contributed by atoms with Gasteiger partial charge in [-0.3, -0.25) is 0 Å². The van der Waals surface area contributed by atoms with Crippen molar-refractivity contribution in [1.29, 1.82) is 0 Å². The summed E-state index contributed by atoms with van der Waals surface area (Å²) in [7, 11) is 1.62. The van der Waals surface area contributed by atoms with E-state index >= 15 is 0 Å². The summed E-state index contributed by atoms with van der Waals surface area (Å²) >= 11 is 0. The van der Waals surface area contributed by atoms with Gasteiger partial charge in [-0.15, -0.1) is 0 Å². The monoisotopic (exact) mass is 327 g/mol. The summed E-state index contributed by atoms with van der Waals surface area (Å²) in [5.74, 6) is 1.39. The van der Waals surface area contributed by atoms with Crippen molar-refractivity contribution in [2.45, 2.75) is 6.10 Å². The van der Waals surface area contributed by atoms with Gasteiger partial charge in [0.1, 0.15) is 30.8 Å². The number of benzene rings is 1. The number of rotatable bonds is 12. The van der Waals surface area contributed by atoms with Gasteiger partial charge in [0, 0.05) is 26.7 Å². The topological polar surface area (TPSA) is 115 Å². The van der Waals surface area contributed by atoms with Crippen LogP contribution in [-0.4, -0.2) is 63.8 Å². The van der Waals surface area contributed by atoms with Crippen molar-refractivity contribution in [2.24, 2.45) is 5.73 Å². The van der Waals surface area contributed by atoms with Crippen LogP contribution in [0.5, 0.6) is 11.5 Å². The lowest BCUT2D eigenvalue weighted by Gasteiger charge is -2.13. The van der Waals surface area contributed by atoms with Gasteiger partial charge >= 0.3 is 6.03 Å². The second kappa shape index (κ2) is 11.5. The predicted molar refractivity (Wildman–Crippen MR) is 85.8 cm³/mol. The molecule has 0 radical (unpaired) electrons. The van der Waals surface area contributed by atoms with Crippen LogP contribution in [0.2, 0.25) is 0 Å². The van der Waals surface area contributed by atoms with Gasteiger partial charge in [-0.2, -0.15) is 0 Å². The molecule has 1 aromatic rings. The summed E-state index contributed by atoms with van der Waals surface area (Å²) in [6.45, 7) is 2.48. The van der Waals surface area contributed by atoms with Gasteiger partial charge in [0.15, 0.2) is 0 Å². The van der Waals surface area contributed by atoms with E-state index in [0.717, 1.165) is 5.75 Å². The van der Waals surface area contributed by atoms with Crippen molar-refractivity contribution in [3.05, 3.63) is 24.3 Å². The molecule has 2 amide bonds. The van der Waals surface area contributed by atoms with Crippen LogP contribution in [0.25, 0.3) is 0 Å². The SMILES string of the molecule is COCCOc1ccc(OCC(O)CNCCNC(N)=O)cc1. The van der Waals surface area contributed by atoms with E-state index < -0.39 is 12.1 Å². The first-order valence-corrected chi connectivity index (χ1v) is 7.38. The number of ether oxygens (including phenoxy) is 3. The maximum Gasteiger partial charge on any atom is 0.312 e. The third-order valence-corrected chi connectivity index (χ3v) is 2.80. The van der Waals surface area contributed by atoms with Gasteiger partial charge < -0.3 is 35.7 Å². The summed E-state index contributed by atoms with van der Waals surface area (Å²) < 4.78 is 15.8. The maximum atomic E-state index is 10.5. The number of hydrogen-bond donors (Lipinski definition) is 4. The smallest absolute Gasteiger partial charge is 0.312 e. The fraction of sp³-hybridized carbons (Fsp3) is 0.533. The molecule has 23 heavy (non-hydrogen) atoms. The lowest BCUT2D eigenvalue weighted by molar-refractivity contribution is 0.106. The van der Waals surface area contributed by atoms with Crippen LogP contribution in [0, 0.1) is 0 Å². The predicted octanol–water partition coefficient (Wildman–Crippen LogP) is -0.291. The summed E-state index contributed by atoms with van der Waals surface area (Å²) in [5, 5.41) is 15.2. The number of aliphatic hydroxyl groups is 1. The first kappa shape index (κ1) is 19.0. The van der Waals surface area contributed by atoms with E-state index in [1.807, 2.05) is 0 Å². The Bertz CT molecular complexity index is 441. The molecule has 0 spiro atoms. The number of carbonyl (C=O) groups excluding carboxylic acids is 1. The second-order valence-electron chi connectivity index (χ2n) is 4.77. The first-order chi connectivity index (χ1) is 11.1. The number of aliphatic hydroxyl groups excluding tert-OH is 1. The maximum absolute atomic E-state index is 10.5. The van der Waals surface area contributed by atoms with Crippen LogP contribution in [0.15, 0.2) is 24.3 Å². The largest absolute Gasteiger partial charge is 0.491 e. The molecule has 0 heterocycles. The Kier molecular flexibility index (Phi) is 9.53. The van der Waals surface area contributed by atoms with E-state index in [2.05, 4.69) is 10.6 Å². The molecule has 8 heteroatoms. The van der Waals surface area contributed by atoms with Gasteiger partial charge in [0.05, 0.1) is 6.61 Å². The summed E-state index contributed by atoms with van der Waals surface area (Å²) in [6.07, 6.45) is -0.652. The lowest BCUT2D eigenvalue weighted by atomic mass is 10.3. The summed E-state index contributed by atoms with van der Waals surface area (Å²) in [6, 6.07) is 6.58. The number of hydrogen-bond acceptors (Lipinski definition) is 6. The fourth-order valence-corrected chi connectivity index (χ4v) is 1.67. The van der Waals surface area contributed by atoms with Crippen LogP contribution >= 0.6 is 0 Å². The Hall–Kier alpha value is -2.03. The Balaban J connectivity index is 2.15. The van der Waals surface area contributed by atoms with Crippen LogP contribution in [0.4, 0.5) is 4.79 Å². The molecular formula is C15H25N3O5. The molecule has 1 unspecified atom stereocenters. The quantitative estimate of drug-likeness (QED) is 0.392. The van der Waals surface area contributed by atoms with E-state index in [1.165, 1.54) is 0 Å². The molecule has 1 atom stereocenters. The van der Waals surface area contributed by atoms with E-state index in [1.54, 1.807) is 31.4 Å². The number of urea groups is 1. The van der Waals surface area contributed by atoms with Gasteiger partial charge in [-0.05, 0) is 24.3 Å². The number of amides is 2. The lowest BCUT2D eigenvalue weighted by Crippen LogP contribution is -2.38. The van der Waals surface area contributed by atoms with Crippen LogP contribution in [0.1, 0.15) is 0 Å². The standard InChI is InChI=1S/C15H25N3O5/c1-21-8-9-22-13-2-4-14(5-3-13)23-11-12(19)10-17-6-7-18-15(16)20/h2-5,12,17,19H,6-11H2,1H3,(H3,16,18,20). The Morgan fingerprint density at radius 2 is 1.83 bits per heavy atom. The third-order valence-electron chi connectivity index (χ3n) is 2.80. The summed E-state index contributed by atoms with van der Waals surface area (Å²) in [5.41, 5.74) is 4.93. The molecule has 1 rings (SSSR count). The van der Waals surface area contributed by atoms with Crippen LogP contribution in [0.3, 0.4) is 0 Å². The number of methoxy groups -OCH3 is 1. The minimum Gasteiger partial charge on any atom is -0.491 e. The molecule has 0 aliphatic carbocycles. The zero-order valence-electron chi connectivity index (χ0n) is 13.3. The van der Waals surface area contributed by atoms with Crippen LogP contribution in [-0.2, 0) is 4.74 Å². The third kappa shape index (κ3) is 9.56. The average molecular weight is 327 g/mol. The van der Waals surface area contributed by atoms with E-state index in [9.17, 15) is 9.90 Å². The molecule has 0 aromatic heterocycles. The highest BCUT2D eigenvalue weighted by Crippen LogP contribution is 2.17. The Morgan fingerprint density at radius 3 is 2.43 bits per heavy atom. The number of nitrogens with two attached hydrogens (primary N) is 1. The molecule has 130 valence electrons. The van der Waals surface area contributed by atoms with Crippen molar-refractivity contribution in [3.8, 4) is 11.5 Å². The highest BCUT2D eigenvalue weighted by Gasteiger charge is 2.05. The van der Waals surface area contributed by atoms with Gasteiger partial charge in [0.2, 0.25) is 0 Å². The minimum absolute atomic E-state index is 0.167. The normalized spacial score (nSPS) is 11.7. The molecule has 0 aliphatic heterocycles. The van der Waals surface area contributed by atoms with Crippen LogP contribution < -0.4 is 25.8 Å². The molecular weight excluding hydrogens is 302 g/mol. The first-order valence-electron chi connectivity index (χ1n) is 7.38. The van der Waals surface area contributed by atoms with E-state index in [0.29, 0.717) is 38.6 Å². The van der Waals surface area contributed by atoms with Gasteiger partial charge in [-0.25, -0.2) is 4.79 Å². The van der Waals surface area contributed by atoms with Crippen molar-refractivity contribution >= 4 is 6.03 Å². The fourth-order valence-electron chi connectivity index (χ4n) is 1.67. The average Bonchev–Trinajstić information content (AvgIpc) is 2.54. The Labute approximate surface area is 135 Å². The van der Waals surface area contributed by atoms with E-state index in [-0.39, 0.29) is 6.61 Å². The number of primary amides is 1. The molecule has 0 saturated heterocycles. The molecule has 0 aliphatic rings. The number of carbonyl (C=O) groups is 1. The Morgan fingerprint density at radius 1 is 1.17 bits per heavy atom. The number of nitrogens with one attached hydrogen (secondary N) is 2. The molecule has 0 bridgehead atoms. The minimum atomic E-state index is -0.652. The molecule has 0 saturated carbocycles. The van der Waals surface area contributed by atoms with Crippen molar-refractivity contribution < 1.29 is 24.1 Å². The zero-order valence-corrected chi connectivity index (χ0v) is 13.3. The highest BCUT2D eigenvalue weighted by atomic mass is 16.5. The van der Waals surface area contributed by atoms with Crippen molar-refractivity contribution in [2.75, 3.05) is 46.6 Å². The van der Waals surface area contributed by atoms with Gasteiger partial charge in [-0.1, -0.05) is 0 Å². The zero-order chi connectivity index (χ0) is 16.9.